The Hall–Kier alpha value is -0.940. The smallest absolute Gasteiger partial charge is 0.268 e. The van der Waals surface area contributed by atoms with Gasteiger partial charge in [0.25, 0.3) is 5.91 Å². The Labute approximate surface area is 105 Å². The number of hydrogen-bond donors (Lipinski definition) is 2. The molecule has 0 aromatic carbocycles. The van der Waals surface area contributed by atoms with Crippen molar-refractivity contribution in [3.05, 3.63) is 23.7 Å². The predicted molar refractivity (Wildman–Crippen MR) is 68.5 cm³/mol. The first kappa shape index (κ1) is 12.5. The minimum absolute atomic E-state index is 0.305. The standard InChI is InChI=1S/C12H18N2O2S/c13-14-12(15)10-5-11(16-6-10)8-17-7-9-3-1-2-4-9/h5-6,9H,1-4,7-8,13H2,(H,14,15). The lowest BCUT2D eigenvalue weighted by molar-refractivity contribution is 0.0953. The average molecular weight is 254 g/mol. The van der Waals surface area contributed by atoms with Crippen molar-refractivity contribution in [2.75, 3.05) is 5.75 Å². The van der Waals surface area contributed by atoms with Crippen LogP contribution in [0.3, 0.4) is 0 Å². The fraction of sp³-hybridized carbons (Fsp3) is 0.583. The molecular formula is C12H18N2O2S. The van der Waals surface area contributed by atoms with Crippen LogP contribution in [-0.2, 0) is 5.75 Å². The van der Waals surface area contributed by atoms with Gasteiger partial charge in [0.2, 0.25) is 0 Å². The summed E-state index contributed by atoms with van der Waals surface area (Å²) in [5.41, 5.74) is 2.58. The van der Waals surface area contributed by atoms with Crippen molar-refractivity contribution in [2.45, 2.75) is 31.4 Å². The molecule has 1 saturated carbocycles. The molecular weight excluding hydrogens is 236 g/mol. The second-order valence-electron chi connectivity index (χ2n) is 4.44. The van der Waals surface area contributed by atoms with E-state index in [4.69, 9.17) is 10.3 Å². The minimum atomic E-state index is -0.305. The largest absolute Gasteiger partial charge is 0.468 e. The molecule has 0 aliphatic heterocycles. The van der Waals surface area contributed by atoms with Crippen molar-refractivity contribution in [3.63, 3.8) is 0 Å². The summed E-state index contributed by atoms with van der Waals surface area (Å²) in [6.45, 7) is 0. The van der Waals surface area contributed by atoms with E-state index in [2.05, 4.69) is 5.43 Å². The predicted octanol–water partition coefficient (Wildman–Crippen LogP) is 2.31. The molecule has 1 aromatic heterocycles. The molecule has 1 aliphatic carbocycles. The minimum Gasteiger partial charge on any atom is -0.468 e. The van der Waals surface area contributed by atoms with Gasteiger partial charge in [-0.15, -0.1) is 0 Å². The van der Waals surface area contributed by atoms with E-state index in [1.54, 1.807) is 6.07 Å². The lowest BCUT2D eigenvalue weighted by Crippen LogP contribution is -2.29. The highest BCUT2D eigenvalue weighted by Gasteiger charge is 2.15. The van der Waals surface area contributed by atoms with Gasteiger partial charge in [-0.2, -0.15) is 11.8 Å². The van der Waals surface area contributed by atoms with E-state index in [1.807, 2.05) is 11.8 Å². The molecule has 0 radical (unpaired) electrons. The van der Waals surface area contributed by atoms with Crippen molar-refractivity contribution in [3.8, 4) is 0 Å². The highest BCUT2D eigenvalue weighted by atomic mass is 32.2. The van der Waals surface area contributed by atoms with Crippen LogP contribution in [0.25, 0.3) is 0 Å². The van der Waals surface area contributed by atoms with Gasteiger partial charge in [-0.1, -0.05) is 12.8 Å². The Bertz CT molecular complexity index is 372. The van der Waals surface area contributed by atoms with E-state index < -0.39 is 0 Å². The molecule has 1 aromatic rings. The number of nitrogen functional groups attached to an aromatic ring is 1. The summed E-state index contributed by atoms with van der Waals surface area (Å²) in [4.78, 5) is 11.2. The van der Waals surface area contributed by atoms with Crippen LogP contribution in [0.15, 0.2) is 16.7 Å². The zero-order valence-electron chi connectivity index (χ0n) is 9.78. The number of carbonyl (C=O) groups is 1. The third kappa shape index (κ3) is 3.51. The number of hydrazine groups is 1. The fourth-order valence-electron chi connectivity index (χ4n) is 2.16. The Balaban J connectivity index is 1.74. The number of thioether (sulfide) groups is 1. The third-order valence-electron chi connectivity index (χ3n) is 3.12. The van der Waals surface area contributed by atoms with Crippen LogP contribution in [0.1, 0.15) is 41.8 Å². The Morgan fingerprint density at radius 3 is 3.00 bits per heavy atom. The lowest BCUT2D eigenvalue weighted by atomic mass is 10.1. The number of nitrogens with two attached hydrogens (primary N) is 1. The van der Waals surface area contributed by atoms with Crippen molar-refractivity contribution in [1.82, 2.24) is 5.43 Å². The lowest BCUT2D eigenvalue weighted by Gasteiger charge is -2.06. The monoisotopic (exact) mass is 254 g/mol. The van der Waals surface area contributed by atoms with Crippen LogP contribution >= 0.6 is 11.8 Å². The second kappa shape index (κ2) is 6.12. The third-order valence-corrected chi connectivity index (χ3v) is 4.32. The first-order valence-corrected chi connectivity index (χ1v) is 7.11. The summed E-state index contributed by atoms with van der Waals surface area (Å²) in [5.74, 6) is 8.48. The summed E-state index contributed by atoms with van der Waals surface area (Å²) < 4.78 is 5.32. The van der Waals surface area contributed by atoms with Gasteiger partial charge in [0, 0.05) is 0 Å². The summed E-state index contributed by atoms with van der Waals surface area (Å²) in [7, 11) is 0. The van der Waals surface area contributed by atoms with Gasteiger partial charge in [-0.25, -0.2) is 5.84 Å². The number of rotatable bonds is 5. The van der Waals surface area contributed by atoms with Crippen LogP contribution in [0, 0.1) is 5.92 Å². The molecule has 0 bridgehead atoms. The Morgan fingerprint density at radius 1 is 1.53 bits per heavy atom. The molecule has 1 aliphatic rings. The molecule has 0 spiro atoms. The summed E-state index contributed by atoms with van der Waals surface area (Å²) in [6.07, 6.45) is 6.95. The molecule has 3 N–H and O–H groups in total. The summed E-state index contributed by atoms with van der Waals surface area (Å²) in [5, 5.41) is 0. The molecule has 17 heavy (non-hydrogen) atoms. The van der Waals surface area contributed by atoms with Crippen molar-refractivity contribution in [1.29, 1.82) is 0 Å². The highest BCUT2D eigenvalue weighted by Crippen LogP contribution is 2.29. The van der Waals surface area contributed by atoms with Crippen molar-refractivity contribution in [2.24, 2.45) is 11.8 Å². The van der Waals surface area contributed by atoms with E-state index in [9.17, 15) is 4.79 Å². The molecule has 5 heteroatoms. The van der Waals surface area contributed by atoms with Gasteiger partial charge in [0.1, 0.15) is 12.0 Å². The molecule has 0 atom stereocenters. The maximum atomic E-state index is 11.2. The van der Waals surface area contributed by atoms with E-state index in [1.165, 1.54) is 37.7 Å². The maximum Gasteiger partial charge on any atom is 0.268 e. The zero-order chi connectivity index (χ0) is 12.1. The Kier molecular flexibility index (Phi) is 4.50. The van der Waals surface area contributed by atoms with Gasteiger partial charge < -0.3 is 4.42 Å². The van der Waals surface area contributed by atoms with Gasteiger partial charge in [0.05, 0.1) is 11.3 Å². The average Bonchev–Trinajstić information content (AvgIpc) is 2.99. The first-order chi connectivity index (χ1) is 8.29. The number of hydrogen-bond acceptors (Lipinski definition) is 4. The number of amides is 1. The fourth-order valence-corrected chi connectivity index (χ4v) is 3.30. The molecule has 4 nitrogen and oxygen atoms in total. The Morgan fingerprint density at radius 2 is 2.29 bits per heavy atom. The highest BCUT2D eigenvalue weighted by molar-refractivity contribution is 7.98. The number of nitrogens with one attached hydrogen (secondary N) is 1. The molecule has 1 heterocycles. The van der Waals surface area contributed by atoms with Crippen LogP contribution in [0.2, 0.25) is 0 Å². The maximum absolute atomic E-state index is 11.2. The number of furan rings is 1. The molecule has 0 unspecified atom stereocenters. The van der Waals surface area contributed by atoms with Gasteiger partial charge >= 0.3 is 0 Å². The summed E-state index contributed by atoms with van der Waals surface area (Å²) >= 11 is 1.88. The van der Waals surface area contributed by atoms with Gasteiger partial charge in [-0.3, -0.25) is 10.2 Å². The van der Waals surface area contributed by atoms with E-state index in [0.717, 1.165) is 17.4 Å². The molecule has 1 fully saturated rings. The zero-order valence-corrected chi connectivity index (χ0v) is 10.6. The molecule has 2 rings (SSSR count). The topological polar surface area (TPSA) is 68.3 Å². The summed E-state index contributed by atoms with van der Waals surface area (Å²) in [6, 6.07) is 1.75. The SMILES string of the molecule is NNC(=O)c1coc(CSCC2CCCC2)c1. The number of carbonyl (C=O) groups excluding carboxylic acids is 1. The van der Waals surface area contributed by atoms with Gasteiger partial charge in [-0.05, 0) is 30.6 Å². The van der Waals surface area contributed by atoms with Gasteiger partial charge in [0.15, 0.2) is 0 Å². The van der Waals surface area contributed by atoms with Crippen molar-refractivity contribution < 1.29 is 9.21 Å². The second-order valence-corrected chi connectivity index (χ2v) is 5.47. The van der Waals surface area contributed by atoms with Crippen LogP contribution < -0.4 is 11.3 Å². The van der Waals surface area contributed by atoms with Crippen LogP contribution in [0.5, 0.6) is 0 Å². The van der Waals surface area contributed by atoms with E-state index in [-0.39, 0.29) is 5.91 Å². The molecule has 0 saturated heterocycles. The normalized spacial score (nSPS) is 16.3. The van der Waals surface area contributed by atoms with Crippen LogP contribution in [0.4, 0.5) is 0 Å². The van der Waals surface area contributed by atoms with Crippen LogP contribution in [-0.4, -0.2) is 11.7 Å². The molecule has 94 valence electrons. The van der Waals surface area contributed by atoms with Crippen molar-refractivity contribution >= 4 is 17.7 Å². The quantitative estimate of drug-likeness (QED) is 0.480. The van der Waals surface area contributed by atoms with E-state index >= 15 is 0 Å². The molecule has 1 amide bonds. The van der Waals surface area contributed by atoms with E-state index in [0.29, 0.717) is 5.56 Å². The first-order valence-electron chi connectivity index (χ1n) is 5.95.